The van der Waals surface area contributed by atoms with Crippen LogP contribution in [0.1, 0.15) is 0 Å². The predicted molar refractivity (Wildman–Crippen MR) is 49.6 cm³/mol. The lowest BCUT2D eigenvalue weighted by molar-refractivity contribution is -0.248. The lowest BCUT2D eigenvalue weighted by Gasteiger charge is -2.38. The van der Waals surface area contributed by atoms with E-state index >= 15 is 0 Å². The number of aliphatic imine (C=N–C) groups is 1. The van der Waals surface area contributed by atoms with E-state index in [0.717, 1.165) is 0 Å². The molecular formula is C7H15N3O5. The summed E-state index contributed by atoms with van der Waals surface area (Å²) in [5, 5.41) is 37.1. The summed E-state index contributed by atoms with van der Waals surface area (Å²) in [7, 11) is 0. The molecule has 8 nitrogen and oxygen atoms in total. The molecule has 0 spiro atoms. The third kappa shape index (κ3) is 2.55. The van der Waals surface area contributed by atoms with Crippen molar-refractivity contribution >= 4 is 5.96 Å². The van der Waals surface area contributed by atoms with Crippen molar-refractivity contribution in [2.24, 2.45) is 16.5 Å². The molecule has 1 rings (SSSR count). The molecule has 0 aromatic rings. The summed E-state index contributed by atoms with van der Waals surface area (Å²) in [5.41, 5.74) is 10.2. The number of aliphatic hydroxyl groups is 4. The summed E-state index contributed by atoms with van der Waals surface area (Å²) in [6.45, 7) is -0.524. The summed E-state index contributed by atoms with van der Waals surface area (Å²) in [5.74, 6) is -0.337. The zero-order valence-electron chi connectivity index (χ0n) is 7.89. The van der Waals surface area contributed by atoms with Crippen LogP contribution in [0.15, 0.2) is 4.99 Å². The Labute approximate surface area is 85.8 Å². The Hall–Kier alpha value is -0.930. The molecule has 0 amide bonds. The minimum absolute atomic E-state index is 0.337. The average Bonchev–Trinajstić information content (AvgIpc) is 2.18. The molecule has 8 heteroatoms. The molecule has 0 aliphatic carbocycles. The fourth-order valence-corrected chi connectivity index (χ4v) is 1.39. The second kappa shape index (κ2) is 4.73. The van der Waals surface area contributed by atoms with Gasteiger partial charge in [0.1, 0.15) is 24.4 Å². The van der Waals surface area contributed by atoms with E-state index < -0.39 is 37.3 Å². The molecule has 5 atom stereocenters. The fraction of sp³-hybridized carbons (Fsp3) is 0.857. The van der Waals surface area contributed by atoms with Gasteiger partial charge in [-0.2, -0.15) is 0 Å². The number of nitrogens with two attached hydrogens (primary N) is 2. The van der Waals surface area contributed by atoms with Gasteiger partial charge in [0.05, 0.1) is 6.61 Å². The minimum atomic E-state index is -1.47. The summed E-state index contributed by atoms with van der Waals surface area (Å²) < 4.78 is 4.81. The highest BCUT2D eigenvalue weighted by molar-refractivity contribution is 5.75. The molecule has 1 unspecified atom stereocenters. The van der Waals surface area contributed by atoms with E-state index in [1.807, 2.05) is 0 Å². The molecule has 0 radical (unpaired) electrons. The maximum Gasteiger partial charge on any atom is 0.186 e. The van der Waals surface area contributed by atoms with E-state index in [1.54, 1.807) is 0 Å². The number of rotatable bonds is 2. The zero-order chi connectivity index (χ0) is 11.6. The van der Waals surface area contributed by atoms with Gasteiger partial charge in [0, 0.05) is 0 Å². The first kappa shape index (κ1) is 12.1. The van der Waals surface area contributed by atoms with E-state index in [1.165, 1.54) is 0 Å². The van der Waals surface area contributed by atoms with Gasteiger partial charge in [-0.15, -0.1) is 0 Å². The standard InChI is InChI=1S/C7H15N3O5/c8-7(9)10-3-5(13)4(12)2(1-11)15-6(3)14/h2-6,11-14H,1H2,(H4,8,9,10)/t2-,3+,4+,5-,6?/m1/s1. The van der Waals surface area contributed by atoms with Crippen molar-refractivity contribution < 1.29 is 25.2 Å². The lowest BCUT2D eigenvalue weighted by atomic mass is 9.98. The van der Waals surface area contributed by atoms with Gasteiger partial charge in [-0.05, 0) is 0 Å². The van der Waals surface area contributed by atoms with Gasteiger partial charge in [-0.25, -0.2) is 4.99 Å². The molecule has 0 aromatic carbocycles. The maximum atomic E-state index is 9.54. The monoisotopic (exact) mass is 221 g/mol. The van der Waals surface area contributed by atoms with Crippen LogP contribution >= 0.6 is 0 Å². The maximum absolute atomic E-state index is 9.54. The molecule has 1 fully saturated rings. The van der Waals surface area contributed by atoms with Crippen molar-refractivity contribution in [2.75, 3.05) is 6.61 Å². The first-order chi connectivity index (χ1) is 6.97. The highest BCUT2D eigenvalue weighted by atomic mass is 16.6. The molecular weight excluding hydrogens is 206 g/mol. The van der Waals surface area contributed by atoms with Gasteiger partial charge in [-0.3, -0.25) is 0 Å². The summed E-state index contributed by atoms with van der Waals surface area (Å²) in [6, 6.07) is -1.16. The van der Waals surface area contributed by atoms with Gasteiger partial charge in [0.2, 0.25) is 0 Å². The van der Waals surface area contributed by atoms with Crippen molar-refractivity contribution in [2.45, 2.75) is 30.6 Å². The van der Waals surface area contributed by atoms with Gasteiger partial charge in [0.15, 0.2) is 12.2 Å². The third-order valence-corrected chi connectivity index (χ3v) is 2.17. The first-order valence-corrected chi connectivity index (χ1v) is 4.36. The van der Waals surface area contributed by atoms with Crippen molar-refractivity contribution in [3.63, 3.8) is 0 Å². The molecule has 1 heterocycles. The number of guanidine groups is 1. The van der Waals surface area contributed by atoms with Crippen molar-refractivity contribution in [3.05, 3.63) is 0 Å². The quantitative estimate of drug-likeness (QED) is 0.205. The Bertz CT molecular complexity index is 245. The molecule has 1 aliphatic heterocycles. The van der Waals surface area contributed by atoms with Crippen molar-refractivity contribution in [3.8, 4) is 0 Å². The van der Waals surface area contributed by atoms with Crippen LogP contribution in [0.5, 0.6) is 0 Å². The summed E-state index contributed by atoms with van der Waals surface area (Å²) in [4.78, 5) is 3.52. The third-order valence-electron chi connectivity index (χ3n) is 2.17. The molecule has 0 aromatic heterocycles. The highest BCUT2D eigenvalue weighted by Crippen LogP contribution is 2.21. The van der Waals surface area contributed by atoms with Crippen LogP contribution in [-0.2, 0) is 4.74 Å². The van der Waals surface area contributed by atoms with Gasteiger partial charge in [-0.1, -0.05) is 0 Å². The van der Waals surface area contributed by atoms with Crippen LogP contribution in [-0.4, -0.2) is 63.6 Å². The lowest BCUT2D eigenvalue weighted by Crippen LogP contribution is -2.58. The fourth-order valence-electron chi connectivity index (χ4n) is 1.39. The van der Waals surface area contributed by atoms with Crippen LogP contribution < -0.4 is 11.5 Å². The molecule has 0 bridgehead atoms. The molecule has 0 saturated carbocycles. The largest absolute Gasteiger partial charge is 0.394 e. The van der Waals surface area contributed by atoms with E-state index in [-0.39, 0.29) is 5.96 Å². The topological polar surface area (TPSA) is 155 Å². The molecule has 1 saturated heterocycles. The number of nitrogens with zero attached hydrogens (tertiary/aromatic N) is 1. The second-order valence-electron chi connectivity index (χ2n) is 3.27. The predicted octanol–water partition coefficient (Wildman–Crippen LogP) is -3.94. The van der Waals surface area contributed by atoms with E-state index in [4.69, 9.17) is 21.3 Å². The highest BCUT2D eigenvalue weighted by Gasteiger charge is 2.43. The normalized spacial score (nSPS) is 41.2. The SMILES string of the molecule is NC(N)=N[C@@H]1C(O)O[C@H](CO)[C@H](O)[C@@H]1O. The van der Waals surface area contributed by atoms with Crippen molar-refractivity contribution in [1.29, 1.82) is 0 Å². The van der Waals surface area contributed by atoms with Crippen LogP contribution in [0.3, 0.4) is 0 Å². The minimum Gasteiger partial charge on any atom is -0.394 e. The number of hydrogen-bond donors (Lipinski definition) is 6. The molecule has 15 heavy (non-hydrogen) atoms. The van der Waals surface area contributed by atoms with Gasteiger partial charge < -0.3 is 36.6 Å². The van der Waals surface area contributed by atoms with E-state index in [2.05, 4.69) is 4.99 Å². The van der Waals surface area contributed by atoms with Gasteiger partial charge in [0.25, 0.3) is 0 Å². The first-order valence-electron chi connectivity index (χ1n) is 4.36. The average molecular weight is 221 g/mol. The van der Waals surface area contributed by atoms with Crippen LogP contribution in [0, 0.1) is 0 Å². The van der Waals surface area contributed by atoms with E-state index in [0.29, 0.717) is 0 Å². The summed E-state index contributed by atoms with van der Waals surface area (Å²) in [6.07, 6.45) is -5.28. The Morgan fingerprint density at radius 1 is 1.20 bits per heavy atom. The molecule has 88 valence electrons. The molecule has 1 aliphatic rings. The van der Waals surface area contributed by atoms with Crippen molar-refractivity contribution in [1.82, 2.24) is 0 Å². The Kier molecular flexibility index (Phi) is 3.83. The summed E-state index contributed by atoms with van der Waals surface area (Å²) >= 11 is 0. The van der Waals surface area contributed by atoms with Crippen LogP contribution in [0.25, 0.3) is 0 Å². The second-order valence-corrected chi connectivity index (χ2v) is 3.27. The Balaban J connectivity index is 2.79. The zero-order valence-corrected chi connectivity index (χ0v) is 7.89. The van der Waals surface area contributed by atoms with Gasteiger partial charge >= 0.3 is 0 Å². The smallest absolute Gasteiger partial charge is 0.186 e. The van der Waals surface area contributed by atoms with Crippen LogP contribution in [0.2, 0.25) is 0 Å². The van der Waals surface area contributed by atoms with Crippen LogP contribution in [0.4, 0.5) is 0 Å². The molecule has 8 N–H and O–H groups in total. The van der Waals surface area contributed by atoms with E-state index in [9.17, 15) is 15.3 Å². The number of hydrogen-bond acceptors (Lipinski definition) is 6. The Morgan fingerprint density at radius 3 is 2.27 bits per heavy atom. The number of aliphatic hydroxyl groups excluding tert-OH is 4. The number of ether oxygens (including phenoxy) is 1. The Morgan fingerprint density at radius 2 is 1.80 bits per heavy atom.